The molecule has 0 aliphatic rings. The Morgan fingerprint density at radius 2 is 0.627 bits per heavy atom. The van der Waals surface area contributed by atoms with E-state index in [1.807, 2.05) is 0 Å². The Kier molecular flexibility index (Phi) is 48.3. The van der Waals surface area contributed by atoms with E-state index in [9.17, 15) is 18.9 Å². The predicted molar refractivity (Wildman–Crippen MR) is 233 cm³/mol. The molecule has 304 valence electrons. The van der Waals surface area contributed by atoms with Crippen LogP contribution < -0.4 is 9.79 Å². The fourth-order valence-corrected chi connectivity index (χ4v) is 16.7. The van der Waals surface area contributed by atoms with E-state index in [2.05, 4.69) is 55.4 Å². The average Bonchev–Trinajstić information content (AvgIpc) is 3.10. The maximum absolute atomic E-state index is 11.7. The summed E-state index contributed by atoms with van der Waals surface area (Å²) in [7, 11) is -2.69. The molecule has 0 radical (unpaired) electrons. The molecule has 0 bridgehead atoms. The van der Waals surface area contributed by atoms with Crippen LogP contribution in [-0.2, 0) is 44.5 Å². The Bertz CT molecular complexity index is 715. The topological polar surface area (TPSA) is 117 Å². The van der Waals surface area contributed by atoms with Crippen molar-refractivity contribution >= 4 is 103 Å². The van der Waals surface area contributed by atoms with Crippen molar-refractivity contribution in [3.05, 3.63) is 0 Å². The van der Waals surface area contributed by atoms with E-state index in [1.165, 1.54) is 120 Å². The van der Waals surface area contributed by atoms with Crippen molar-refractivity contribution in [2.45, 2.75) is 158 Å². The van der Waals surface area contributed by atoms with Gasteiger partial charge in [0.05, 0.1) is 44.3 Å². The Morgan fingerprint density at radius 1 is 0.431 bits per heavy atom. The molecule has 0 saturated heterocycles. The molecule has 0 saturated carbocycles. The minimum Gasteiger partial charge on any atom is -0.755 e. The normalized spacial score (nSPS) is 16.2. The van der Waals surface area contributed by atoms with Crippen LogP contribution >= 0.6 is 103 Å². The fraction of sp³-hybridized carbons (Fsp3) is 1.00. The molecular weight excluding hydrogens is 896 g/mol. The molecule has 0 heterocycles. The molecule has 19 heteroatoms. The van der Waals surface area contributed by atoms with Gasteiger partial charge in [0.15, 0.2) is 0 Å². The van der Waals surface area contributed by atoms with Crippen LogP contribution in [-0.4, -0.2) is 23.0 Å². The summed E-state index contributed by atoms with van der Waals surface area (Å²) >= 11 is 3.64. The summed E-state index contributed by atoms with van der Waals surface area (Å²) in [4.78, 5) is 23.4. The van der Waals surface area contributed by atoms with Crippen LogP contribution in [0.5, 0.6) is 0 Å². The van der Waals surface area contributed by atoms with Gasteiger partial charge in [-0.25, -0.2) is 15.9 Å². The Balaban J connectivity index is -0.000000886. The van der Waals surface area contributed by atoms with Crippen LogP contribution in [0.25, 0.3) is 0 Å². The van der Waals surface area contributed by atoms with Crippen molar-refractivity contribution in [2.75, 3.05) is 23.0 Å². The van der Waals surface area contributed by atoms with Crippen LogP contribution in [0.4, 0.5) is 0 Å². The molecule has 0 aliphatic heterocycles. The molecule has 0 aromatic rings. The molecule has 0 N–H and O–H groups in total. The first-order chi connectivity index (χ1) is 24.0. The largest absolute Gasteiger partial charge is 2.00 e. The third kappa shape index (κ3) is 40.2. The van der Waals surface area contributed by atoms with Crippen LogP contribution in [0.2, 0.25) is 0 Å². The summed E-state index contributed by atoms with van der Waals surface area (Å²) in [6, 6.07) is 0. The van der Waals surface area contributed by atoms with Gasteiger partial charge in [0.2, 0.25) is 0 Å². The van der Waals surface area contributed by atoms with E-state index in [4.69, 9.17) is 15.9 Å². The minimum atomic E-state index is -4.24. The van der Waals surface area contributed by atoms with Crippen molar-refractivity contribution < 1.29 is 54.3 Å². The molecule has 0 amide bonds. The van der Waals surface area contributed by atoms with Gasteiger partial charge in [-0.05, 0) is 49.4 Å². The molecule has 0 spiro atoms. The maximum Gasteiger partial charge on any atom is 2.00 e. The van der Waals surface area contributed by atoms with Crippen LogP contribution in [0.1, 0.15) is 158 Å². The van der Waals surface area contributed by atoms with Gasteiger partial charge in [-0.2, -0.15) is 0 Å². The summed E-state index contributed by atoms with van der Waals surface area (Å²) in [6.07, 6.45) is 18.9. The zero-order valence-electron chi connectivity index (χ0n) is 32.6. The standard InChI is InChI=1S/2C16H35O4PS4.Zn/c2*1-5-9-11-15(7-3)13-22-24-19-21(17,18)20-25-23-14-16(8-4)12-10-6-2;/h2*15-16H,5-14H2,1-4H3,(H,17,18);/q;;+2/p-2. The zero-order valence-corrected chi connectivity index (χ0v) is 43.9. The van der Waals surface area contributed by atoms with Gasteiger partial charge in [-0.1, -0.05) is 176 Å². The summed E-state index contributed by atoms with van der Waals surface area (Å²) in [6.45, 7) is 17.4. The van der Waals surface area contributed by atoms with Crippen molar-refractivity contribution in [3.8, 4) is 0 Å². The summed E-state index contributed by atoms with van der Waals surface area (Å²) in [5.41, 5.74) is 0. The van der Waals surface area contributed by atoms with E-state index in [0.29, 0.717) is 23.7 Å². The SMILES string of the molecule is CCCCC(CC)CSSOP(=O)([O-])OSSCC(CC)CCCC.CCCCC(CC)CSSOP(=O)([O-])OSSCC(CC)CCCC.[Zn+2]. The van der Waals surface area contributed by atoms with E-state index in [0.717, 1.165) is 93.0 Å². The Labute approximate surface area is 359 Å². The molecule has 51 heavy (non-hydrogen) atoms. The molecule has 0 fully saturated rings. The third-order valence-electron chi connectivity index (χ3n) is 8.07. The van der Waals surface area contributed by atoms with E-state index in [1.54, 1.807) is 0 Å². The van der Waals surface area contributed by atoms with Crippen molar-refractivity contribution in [3.63, 3.8) is 0 Å². The van der Waals surface area contributed by atoms with Gasteiger partial charge >= 0.3 is 19.5 Å². The average molecular weight is 965 g/mol. The van der Waals surface area contributed by atoms with Gasteiger partial charge in [0.1, 0.15) is 0 Å². The van der Waals surface area contributed by atoms with Crippen LogP contribution in [0.3, 0.4) is 0 Å². The summed E-state index contributed by atoms with van der Waals surface area (Å²) < 4.78 is 42.8. The number of rotatable bonds is 36. The number of phosphoric acid groups is 2. The first-order valence-electron chi connectivity index (χ1n) is 18.5. The Morgan fingerprint density at radius 3 is 0.784 bits per heavy atom. The minimum absolute atomic E-state index is 0. The second-order valence-corrected chi connectivity index (χ2v) is 23.7. The number of hydrogen-bond donors (Lipinski definition) is 0. The zero-order chi connectivity index (χ0) is 37.9. The quantitative estimate of drug-likeness (QED) is 0.0195. The molecule has 0 aliphatic carbocycles. The molecule has 4 unspecified atom stereocenters. The van der Waals surface area contributed by atoms with E-state index in [-0.39, 0.29) is 19.5 Å². The molecular formula is C32H68O8P2S8Zn. The second-order valence-electron chi connectivity index (χ2n) is 12.3. The molecule has 4 atom stereocenters. The molecule has 0 aromatic heterocycles. The molecule has 8 nitrogen and oxygen atoms in total. The van der Waals surface area contributed by atoms with Crippen LogP contribution in [0.15, 0.2) is 0 Å². The monoisotopic (exact) mass is 962 g/mol. The number of unbranched alkanes of at least 4 members (excludes halogenated alkanes) is 4. The summed E-state index contributed by atoms with van der Waals surface area (Å²) in [5.74, 6) is 6.08. The van der Waals surface area contributed by atoms with E-state index >= 15 is 0 Å². The molecule has 0 rings (SSSR count). The number of hydrogen-bond acceptors (Lipinski definition) is 16. The second kappa shape index (κ2) is 41.8. The van der Waals surface area contributed by atoms with Gasteiger partial charge in [0, 0.05) is 23.0 Å². The Hall–Kier alpha value is 3.64. The maximum atomic E-state index is 11.7. The third-order valence-corrected chi connectivity index (χ3v) is 19.8. The first kappa shape index (κ1) is 59.0. The molecule has 0 aromatic carbocycles. The van der Waals surface area contributed by atoms with Gasteiger partial charge < -0.3 is 9.79 Å². The van der Waals surface area contributed by atoms with Crippen molar-refractivity contribution in [2.24, 2.45) is 23.7 Å². The summed E-state index contributed by atoms with van der Waals surface area (Å²) in [5, 5.41) is 0. The van der Waals surface area contributed by atoms with E-state index < -0.39 is 15.6 Å². The van der Waals surface area contributed by atoms with Gasteiger partial charge in [-0.3, -0.25) is 9.13 Å². The fourth-order valence-electron chi connectivity index (χ4n) is 4.35. The smallest absolute Gasteiger partial charge is 0.755 e. The van der Waals surface area contributed by atoms with Gasteiger partial charge in [-0.15, -0.1) is 0 Å². The first-order valence-corrected chi connectivity index (χ1v) is 30.4. The van der Waals surface area contributed by atoms with Crippen molar-refractivity contribution in [1.82, 2.24) is 0 Å². The van der Waals surface area contributed by atoms with Crippen molar-refractivity contribution in [1.29, 1.82) is 0 Å². The predicted octanol–water partition coefficient (Wildman–Crippen LogP) is 15.0. The van der Waals surface area contributed by atoms with Crippen LogP contribution in [0, 0.1) is 23.7 Å². The van der Waals surface area contributed by atoms with Gasteiger partial charge in [0.25, 0.3) is 15.6 Å².